The highest BCUT2D eigenvalue weighted by Gasteiger charge is 2.26. The van der Waals surface area contributed by atoms with Crippen molar-refractivity contribution in [1.82, 2.24) is 15.1 Å². The topological polar surface area (TPSA) is 32.3 Å². The fraction of sp³-hybridized carbons (Fsp3) is 0.391. The minimum absolute atomic E-state index is 0.409. The van der Waals surface area contributed by atoms with Crippen molar-refractivity contribution >= 4 is 16.5 Å². The van der Waals surface area contributed by atoms with Gasteiger partial charge in [-0.25, -0.2) is 0 Å². The van der Waals surface area contributed by atoms with Crippen LogP contribution in [0.1, 0.15) is 41.9 Å². The van der Waals surface area contributed by atoms with Gasteiger partial charge in [0, 0.05) is 48.6 Å². The quantitative estimate of drug-likeness (QED) is 0.687. The van der Waals surface area contributed by atoms with Crippen LogP contribution in [-0.2, 0) is 6.54 Å². The van der Waals surface area contributed by atoms with Crippen molar-refractivity contribution in [3.8, 4) is 0 Å². The highest BCUT2D eigenvalue weighted by atomic mass is 15.1. The summed E-state index contributed by atoms with van der Waals surface area (Å²) >= 11 is 0. The van der Waals surface area contributed by atoms with Crippen LogP contribution in [0.5, 0.6) is 0 Å². The van der Waals surface area contributed by atoms with Gasteiger partial charge in [-0.2, -0.15) is 10.2 Å². The van der Waals surface area contributed by atoms with E-state index in [9.17, 15) is 0 Å². The van der Waals surface area contributed by atoms with E-state index in [2.05, 4.69) is 63.4 Å². The van der Waals surface area contributed by atoms with E-state index < -0.39 is 0 Å². The maximum Gasteiger partial charge on any atom is 0.0574 e. The zero-order valence-electron chi connectivity index (χ0n) is 15.9. The normalized spacial score (nSPS) is 20.6. The maximum absolute atomic E-state index is 4.06. The van der Waals surface area contributed by atoms with Crippen LogP contribution in [0.4, 0.5) is 5.69 Å². The molecule has 2 aromatic carbocycles. The number of nitrogens with zero attached hydrogens (tertiary/aromatic N) is 4. The van der Waals surface area contributed by atoms with Gasteiger partial charge in [0.25, 0.3) is 0 Å². The lowest BCUT2D eigenvalue weighted by atomic mass is 9.84. The van der Waals surface area contributed by atoms with Gasteiger partial charge < -0.3 is 9.80 Å². The molecule has 0 aliphatic carbocycles. The Bertz CT molecular complexity index is 962. The molecule has 1 fully saturated rings. The molecular formula is C23H26N4. The van der Waals surface area contributed by atoms with Crippen LogP contribution in [0.25, 0.3) is 10.8 Å². The minimum atomic E-state index is 0.409. The Labute approximate surface area is 160 Å². The van der Waals surface area contributed by atoms with Gasteiger partial charge in [0.2, 0.25) is 0 Å². The standard InChI is InChI=1S/C23H26N4/c1-26-15-20-12-21(27-9-3-2-4-10-27)7-8-22(20)23(16-26)17-5-6-18-13-24-25-14-19(18)11-17/h5-8,11-14,23H,2-4,9-10,15-16H2,1H3. The molecular weight excluding hydrogens is 332 g/mol. The molecule has 0 spiro atoms. The van der Waals surface area contributed by atoms with Crippen molar-refractivity contribution in [2.75, 3.05) is 31.6 Å². The zero-order valence-corrected chi connectivity index (χ0v) is 15.9. The number of likely N-dealkylation sites (N-methyl/N-ethyl adjacent to an activating group) is 1. The number of piperidine rings is 1. The van der Waals surface area contributed by atoms with Crippen LogP contribution in [0.2, 0.25) is 0 Å². The molecule has 4 nitrogen and oxygen atoms in total. The Morgan fingerprint density at radius 1 is 0.889 bits per heavy atom. The second kappa shape index (κ2) is 6.93. The average molecular weight is 358 g/mol. The third-order valence-electron chi connectivity index (χ3n) is 6.13. The van der Waals surface area contributed by atoms with Crippen molar-refractivity contribution in [1.29, 1.82) is 0 Å². The predicted molar refractivity (Wildman–Crippen MR) is 110 cm³/mol. The third kappa shape index (κ3) is 3.19. The van der Waals surface area contributed by atoms with Crippen LogP contribution in [0.3, 0.4) is 0 Å². The third-order valence-corrected chi connectivity index (χ3v) is 6.13. The Balaban J connectivity index is 1.53. The molecule has 2 aliphatic heterocycles. The van der Waals surface area contributed by atoms with Crippen molar-refractivity contribution in [2.24, 2.45) is 0 Å². The first kappa shape index (κ1) is 16.7. The zero-order chi connectivity index (χ0) is 18.2. The summed E-state index contributed by atoms with van der Waals surface area (Å²) in [4.78, 5) is 5.00. The van der Waals surface area contributed by atoms with E-state index in [1.54, 1.807) is 0 Å². The fourth-order valence-corrected chi connectivity index (χ4v) is 4.70. The van der Waals surface area contributed by atoms with E-state index in [-0.39, 0.29) is 0 Å². The lowest BCUT2D eigenvalue weighted by molar-refractivity contribution is 0.295. The molecule has 0 bridgehead atoms. The predicted octanol–water partition coefficient (Wildman–Crippen LogP) is 4.20. The molecule has 0 amide bonds. The van der Waals surface area contributed by atoms with Gasteiger partial charge in [-0.3, -0.25) is 0 Å². The SMILES string of the molecule is CN1Cc2cc(N3CCCCC3)ccc2C(c2ccc3cnncc3c2)C1. The summed E-state index contributed by atoms with van der Waals surface area (Å²) in [5, 5.41) is 10.4. The molecule has 1 aromatic heterocycles. The van der Waals surface area contributed by atoms with Crippen LogP contribution in [0, 0.1) is 0 Å². The molecule has 5 rings (SSSR count). The second-order valence-corrected chi connectivity index (χ2v) is 8.06. The average Bonchev–Trinajstić information content (AvgIpc) is 2.73. The molecule has 0 N–H and O–H groups in total. The maximum atomic E-state index is 4.06. The van der Waals surface area contributed by atoms with Crippen molar-refractivity contribution in [3.05, 3.63) is 65.5 Å². The van der Waals surface area contributed by atoms with Gasteiger partial charge in [-0.05, 0) is 61.2 Å². The Morgan fingerprint density at radius 3 is 2.56 bits per heavy atom. The van der Waals surface area contributed by atoms with Crippen LogP contribution >= 0.6 is 0 Å². The number of aromatic nitrogens is 2. The molecule has 27 heavy (non-hydrogen) atoms. The summed E-state index contributed by atoms with van der Waals surface area (Å²) in [6, 6.07) is 13.9. The van der Waals surface area contributed by atoms with Gasteiger partial charge in [-0.1, -0.05) is 18.2 Å². The molecule has 0 radical (unpaired) electrons. The first-order valence-electron chi connectivity index (χ1n) is 10.0. The Kier molecular flexibility index (Phi) is 4.29. The lowest BCUT2D eigenvalue weighted by Gasteiger charge is -2.35. The second-order valence-electron chi connectivity index (χ2n) is 8.06. The monoisotopic (exact) mass is 358 g/mol. The molecule has 138 valence electrons. The summed E-state index contributed by atoms with van der Waals surface area (Å²) in [6.07, 6.45) is 7.72. The van der Waals surface area contributed by atoms with Crippen molar-refractivity contribution in [2.45, 2.75) is 31.7 Å². The van der Waals surface area contributed by atoms with Crippen molar-refractivity contribution < 1.29 is 0 Å². The molecule has 2 aliphatic rings. The number of benzene rings is 2. The summed E-state index contributed by atoms with van der Waals surface area (Å²) in [7, 11) is 2.23. The minimum Gasteiger partial charge on any atom is -0.372 e. The van der Waals surface area contributed by atoms with Gasteiger partial charge in [0.1, 0.15) is 0 Å². The molecule has 1 atom stereocenters. The van der Waals surface area contributed by atoms with Crippen LogP contribution < -0.4 is 4.90 Å². The molecule has 1 unspecified atom stereocenters. The molecule has 0 saturated carbocycles. The molecule has 1 saturated heterocycles. The van der Waals surface area contributed by atoms with Gasteiger partial charge in [0.15, 0.2) is 0 Å². The van der Waals surface area contributed by atoms with Gasteiger partial charge in [-0.15, -0.1) is 0 Å². The number of hydrogen-bond acceptors (Lipinski definition) is 4. The Hall–Kier alpha value is -2.46. The molecule has 3 aromatic rings. The van der Waals surface area contributed by atoms with Gasteiger partial charge >= 0.3 is 0 Å². The van der Waals surface area contributed by atoms with E-state index in [0.717, 1.165) is 18.5 Å². The summed E-state index contributed by atoms with van der Waals surface area (Å²) in [6.45, 7) is 4.49. The lowest BCUT2D eigenvalue weighted by Crippen LogP contribution is -2.32. The number of hydrogen-bond donors (Lipinski definition) is 0. The first-order chi connectivity index (χ1) is 13.3. The summed E-state index contributed by atoms with van der Waals surface area (Å²) in [5.41, 5.74) is 5.73. The van der Waals surface area contributed by atoms with E-state index in [1.807, 2.05) is 12.4 Å². The summed E-state index contributed by atoms with van der Waals surface area (Å²) in [5.74, 6) is 0.409. The van der Waals surface area contributed by atoms with Crippen LogP contribution in [0.15, 0.2) is 48.8 Å². The van der Waals surface area contributed by atoms with Crippen LogP contribution in [-0.4, -0.2) is 41.8 Å². The van der Waals surface area contributed by atoms with E-state index >= 15 is 0 Å². The van der Waals surface area contributed by atoms with E-state index in [1.165, 1.54) is 60.1 Å². The van der Waals surface area contributed by atoms with E-state index in [0.29, 0.717) is 5.92 Å². The summed E-state index contributed by atoms with van der Waals surface area (Å²) < 4.78 is 0. The molecule has 4 heteroatoms. The van der Waals surface area contributed by atoms with E-state index in [4.69, 9.17) is 0 Å². The number of anilines is 1. The largest absolute Gasteiger partial charge is 0.372 e. The highest BCUT2D eigenvalue weighted by molar-refractivity contribution is 5.81. The van der Waals surface area contributed by atoms with Gasteiger partial charge in [0.05, 0.1) is 12.4 Å². The number of fused-ring (bicyclic) bond motifs is 2. The fourth-order valence-electron chi connectivity index (χ4n) is 4.70. The number of rotatable bonds is 2. The highest BCUT2D eigenvalue weighted by Crippen LogP contribution is 2.36. The molecule has 3 heterocycles. The first-order valence-corrected chi connectivity index (χ1v) is 10.0. The van der Waals surface area contributed by atoms with Crippen molar-refractivity contribution in [3.63, 3.8) is 0 Å². The Morgan fingerprint density at radius 2 is 1.70 bits per heavy atom. The smallest absolute Gasteiger partial charge is 0.0574 e.